The number of alkyl halides is 3. The summed E-state index contributed by atoms with van der Waals surface area (Å²) in [7, 11) is 0. The Balaban J connectivity index is 4.81. The second kappa shape index (κ2) is 3.20. The molecule has 62 valence electrons. The maximum atomic E-state index is 11.7. The van der Waals surface area contributed by atoms with Crippen LogP contribution in [0.2, 0.25) is 0 Å². The Kier molecular flexibility index (Phi) is 2.82. The molecular weight excluding hydrogens is 173 g/mol. The Labute approximate surface area is 56.7 Å². The van der Waals surface area contributed by atoms with Crippen molar-refractivity contribution < 1.29 is 22.0 Å². The molecule has 0 N–H and O–H groups in total. The van der Waals surface area contributed by atoms with Crippen LogP contribution in [0.3, 0.4) is 0 Å². The molecule has 0 saturated carbocycles. The van der Waals surface area contributed by atoms with Crippen LogP contribution in [0.25, 0.3) is 10.4 Å². The minimum atomic E-state index is -5.45. The van der Waals surface area contributed by atoms with Crippen molar-refractivity contribution in [1.82, 2.24) is 0 Å². The fraction of sp³-hybridized carbons (Fsp3) is 0.333. The lowest BCUT2D eigenvalue weighted by atomic mass is 10.5. The van der Waals surface area contributed by atoms with Crippen molar-refractivity contribution in [2.24, 2.45) is 5.11 Å². The Morgan fingerprint density at radius 1 is 1.27 bits per heavy atom. The van der Waals surface area contributed by atoms with Gasteiger partial charge in [-0.3, -0.25) is 0 Å². The molecule has 0 heterocycles. The highest BCUT2D eigenvalue weighted by Gasteiger charge is 2.37. The van der Waals surface area contributed by atoms with Gasteiger partial charge in [-0.15, -0.1) is 0 Å². The molecule has 0 bridgehead atoms. The fourth-order valence-corrected chi connectivity index (χ4v) is 0.200. The summed E-state index contributed by atoms with van der Waals surface area (Å²) in [5, 5.41) is 1.79. The lowest BCUT2D eigenvalue weighted by Gasteiger charge is -2.00. The first-order chi connectivity index (χ1) is 4.89. The first-order valence-corrected chi connectivity index (χ1v) is 2.07. The molecule has 0 aliphatic heterocycles. The van der Waals surface area contributed by atoms with Gasteiger partial charge in [0.2, 0.25) is 11.8 Å². The third-order valence-corrected chi connectivity index (χ3v) is 0.563. The van der Waals surface area contributed by atoms with E-state index in [0.29, 0.717) is 0 Å². The number of rotatable bonds is 1. The van der Waals surface area contributed by atoms with Crippen molar-refractivity contribution in [2.75, 3.05) is 0 Å². The maximum absolute atomic E-state index is 11.7. The van der Waals surface area contributed by atoms with Crippen LogP contribution in [0.5, 0.6) is 0 Å². The first-order valence-electron chi connectivity index (χ1n) is 2.07. The predicted octanol–water partition coefficient (Wildman–Crippen LogP) is 2.97. The van der Waals surface area contributed by atoms with Gasteiger partial charge in [-0.2, -0.15) is 17.6 Å². The summed E-state index contributed by atoms with van der Waals surface area (Å²) in [6.45, 7) is 0. The van der Waals surface area contributed by atoms with Gasteiger partial charge in [-0.25, -0.2) is 4.39 Å². The molecule has 0 rings (SSSR count). The van der Waals surface area contributed by atoms with Crippen LogP contribution in [0.4, 0.5) is 22.0 Å². The molecular formula is C3F5N3. The monoisotopic (exact) mass is 173 g/mol. The van der Waals surface area contributed by atoms with E-state index in [0.717, 1.165) is 0 Å². The smallest absolute Gasteiger partial charge is 0.202 e. The second-order valence-electron chi connectivity index (χ2n) is 1.29. The highest BCUT2D eigenvalue weighted by atomic mass is 19.4. The van der Waals surface area contributed by atoms with Gasteiger partial charge in [-0.05, 0) is 10.6 Å². The van der Waals surface area contributed by atoms with E-state index in [-0.39, 0.29) is 0 Å². The first kappa shape index (κ1) is 9.70. The molecule has 0 aromatic carbocycles. The molecule has 0 amide bonds. The summed E-state index contributed by atoms with van der Waals surface area (Å²) >= 11 is 0. The van der Waals surface area contributed by atoms with Crippen molar-refractivity contribution >= 4 is 0 Å². The molecule has 0 fully saturated rings. The van der Waals surface area contributed by atoms with Crippen molar-refractivity contribution in [3.8, 4) is 0 Å². The van der Waals surface area contributed by atoms with E-state index in [2.05, 4.69) is 0 Å². The zero-order valence-electron chi connectivity index (χ0n) is 4.73. The van der Waals surface area contributed by atoms with Crippen molar-refractivity contribution in [3.63, 3.8) is 0 Å². The highest BCUT2D eigenvalue weighted by Crippen LogP contribution is 2.29. The van der Waals surface area contributed by atoms with Crippen LogP contribution in [-0.2, 0) is 0 Å². The molecule has 0 unspecified atom stereocenters. The normalized spacial score (nSPS) is 13.5. The van der Waals surface area contributed by atoms with Gasteiger partial charge in [0, 0.05) is 4.91 Å². The van der Waals surface area contributed by atoms with Crippen molar-refractivity contribution in [2.45, 2.75) is 6.18 Å². The van der Waals surface area contributed by atoms with Gasteiger partial charge >= 0.3 is 6.18 Å². The van der Waals surface area contributed by atoms with Crippen LogP contribution < -0.4 is 0 Å². The number of azide groups is 1. The average Bonchev–Trinajstić information content (AvgIpc) is 1.85. The summed E-state index contributed by atoms with van der Waals surface area (Å²) in [6, 6.07) is 0. The highest BCUT2D eigenvalue weighted by molar-refractivity contribution is 5.03. The summed E-state index contributed by atoms with van der Waals surface area (Å²) in [6.07, 6.45) is -5.45. The largest absolute Gasteiger partial charge is 0.445 e. The number of nitrogens with zero attached hydrogens (tertiary/aromatic N) is 3. The number of allylic oxidation sites excluding steroid dienone is 1. The van der Waals surface area contributed by atoms with Gasteiger partial charge in [-0.1, -0.05) is 0 Å². The zero-order chi connectivity index (χ0) is 9.07. The van der Waals surface area contributed by atoms with E-state index in [9.17, 15) is 22.0 Å². The van der Waals surface area contributed by atoms with E-state index in [1.54, 1.807) is 10.0 Å². The topological polar surface area (TPSA) is 48.8 Å². The molecule has 0 spiro atoms. The quantitative estimate of drug-likeness (QED) is 0.192. The fourth-order valence-electron chi connectivity index (χ4n) is 0.200. The van der Waals surface area contributed by atoms with Gasteiger partial charge < -0.3 is 0 Å². The molecule has 0 aliphatic carbocycles. The maximum Gasteiger partial charge on any atom is 0.445 e. The number of halogens is 5. The van der Waals surface area contributed by atoms with E-state index in [1.807, 2.05) is 0 Å². The van der Waals surface area contributed by atoms with E-state index < -0.39 is 18.0 Å². The standard InChI is InChI=1S/C3F5N3/c4-1(3(6,7)8)2(5)10-11-9/b2-1-. The Bertz CT molecular complexity index is 222. The third-order valence-electron chi connectivity index (χ3n) is 0.563. The molecule has 0 aromatic rings. The molecule has 0 atom stereocenters. The summed E-state index contributed by atoms with van der Waals surface area (Å²) in [5.74, 6) is -5.55. The lowest BCUT2D eigenvalue weighted by molar-refractivity contribution is -0.111. The van der Waals surface area contributed by atoms with Gasteiger partial charge in [0.15, 0.2) is 0 Å². The van der Waals surface area contributed by atoms with Gasteiger partial charge in [0.1, 0.15) is 0 Å². The van der Waals surface area contributed by atoms with Crippen molar-refractivity contribution in [3.05, 3.63) is 22.2 Å². The van der Waals surface area contributed by atoms with Crippen molar-refractivity contribution in [1.29, 1.82) is 0 Å². The number of hydrogen-bond donors (Lipinski definition) is 0. The molecule has 0 aliphatic rings. The molecule has 11 heavy (non-hydrogen) atoms. The Hall–Kier alpha value is -1.30. The third kappa shape index (κ3) is 2.85. The SMILES string of the molecule is [N-]=[N+]=N/C(F)=C(\F)C(F)(F)F. The van der Waals surface area contributed by atoms with Gasteiger partial charge in [0.25, 0.3) is 0 Å². The summed E-state index contributed by atoms with van der Waals surface area (Å²) in [5.41, 5.74) is 7.40. The van der Waals surface area contributed by atoms with E-state index in [4.69, 9.17) is 5.53 Å². The van der Waals surface area contributed by atoms with E-state index >= 15 is 0 Å². The van der Waals surface area contributed by atoms with Crippen LogP contribution in [0.1, 0.15) is 0 Å². The van der Waals surface area contributed by atoms with Crippen LogP contribution in [0, 0.1) is 0 Å². The molecule has 0 radical (unpaired) electrons. The van der Waals surface area contributed by atoms with Crippen LogP contribution in [0.15, 0.2) is 16.9 Å². The molecule has 0 saturated heterocycles. The van der Waals surface area contributed by atoms with Crippen LogP contribution in [-0.4, -0.2) is 6.18 Å². The summed E-state index contributed by atoms with van der Waals surface area (Å²) in [4.78, 5) is 1.62. The zero-order valence-corrected chi connectivity index (χ0v) is 4.73. The van der Waals surface area contributed by atoms with Crippen LogP contribution >= 0.6 is 0 Å². The van der Waals surface area contributed by atoms with E-state index in [1.165, 1.54) is 0 Å². The minimum absolute atomic E-state index is 1.62. The predicted molar refractivity (Wildman–Crippen MR) is 24.4 cm³/mol. The minimum Gasteiger partial charge on any atom is -0.202 e. The lowest BCUT2D eigenvalue weighted by Crippen LogP contribution is -2.08. The molecule has 0 aromatic heterocycles. The molecule has 3 nitrogen and oxygen atoms in total. The molecule has 8 heteroatoms. The Morgan fingerprint density at radius 2 is 1.73 bits per heavy atom. The second-order valence-corrected chi connectivity index (χ2v) is 1.29. The Morgan fingerprint density at radius 3 is 2.00 bits per heavy atom. The summed E-state index contributed by atoms with van der Waals surface area (Å²) < 4.78 is 56.8. The number of hydrogen-bond acceptors (Lipinski definition) is 1. The van der Waals surface area contributed by atoms with Gasteiger partial charge in [0.05, 0.1) is 0 Å². The average molecular weight is 173 g/mol.